The summed E-state index contributed by atoms with van der Waals surface area (Å²) in [6.07, 6.45) is 2.53. The lowest BCUT2D eigenvalue weighted by atomic mass is 10.0. The molecule has 0 saturated carbocycles. The van der Waals surface area contributed by atoms with Gasteiger partial charge in [-0.1, -0.05) is 42.5 Å². The summed E-state index contributed by atoms with van der Waals surface area (Å²) in [5.74, 6) is -2.30. The highest BCUT2D eigenvalue weighted by molar-refractivity contribution is 7.98. The van der Waals surface area contributed by atoms with E-state index in [1.165, 1.54) is 19.1 Å². The maximum absolute atomic E-state index is 13.4. The van der Waals surface area contributed by atoms with Crippen LogP contribution in [-0.4, -0.2) is 70.1 Å². The van der Waals surface area contributed by atoms with Gasteiger partial charge < -0.3 is 31.9 Å². The van der Waals surface area contributed by atoms with Crippen molar-refractivity contribution in [1.82, 2.24) is 16.0 Å². The molecule has 0 fully saturated rings. The van der Waals surface area contributed by atoms with Crippen LogP contribution in [0.25, 0.3) is 0 Å². The molecule has 10 nitrogen and oxygen atoms in total. The van der Waals surface area contributed by atoms with Gasteiger partial charge in [0, 0.05) is 12.8 Å². The Balaban J connectivity index is 2.26. The number of benzene rings is 2. The Hall–Kier alpha value is -3.57. The second-order valence-electron chi connectivity index (χ2n) is 8.64. The highest BCUT2D eigenvalue weighted by Gasteiger charge is 2.29. The Labute approximate surface area is 220 Å². The van der Waals surface area contributed by atoms with Crippen molar-refractivity contribution in [2.75, 3.05) is 12.0 Å². The smallest absolute Gasteiger partial charge is 0.325 e. The molecule has 2 aromatic rings. The zero-order valence-corrected chi connectivity index (χ0v) is 21.7. The van der Waals surface area contributed by atoms with E-state index in [1.54, 1.807) is 23.9 Å². The fraction of sp³-hybridized carbons (Fsp3) is 0.385. The lowest BCUT2D eigenvalue weighted by molar-refractivity contribution is -0.141. The molecule has 0 radical (unpaired) electrons. The van der Waals surface area contributed by atoms with E-state index >= 15 is 0 Å². The highest BCUT2D eigenvalue weighted by Crippen LogP contribution is 2.12. The molecule has 3 amide bonds. The van der Waals surface area contributed by atoms with Crippen molar-refractivity contribution in [2.45, 2.75) is 50.4 Å². The summed E-state index contributed by atoms with van der Waals surface area (Å²) >= 11 is 1.55. The molecule has 4 unspecified atom stereocenters. The van der Waals surface area contributed by atoms with Crippen molar-refractivity contribution in [3.63, 3.8) is 0 Å². The summed E-state index contributed by atoms with van der Waals surface area (Å²) in [7, 11) is 0. The quantitative estimate of drug-likeness (QED) is 0.208. The van der Waals surface area contributed by atoms with Gasteiger partial charge in [0.15, 0.2) is 0 Å². The SMILES string of the molecule is CSCCC(N)C(=O)NC(Cc1ccccc1)C(=O)NC(Cc1ccc(O)cc1)C(=O)NC(C)C(=O)O. The van der Waals surface area contributed by atoms with Gasteiger partial charge in [-0.05, 0) is 48.6 Å². The van der Waals surface area contributed by atoms with Gasteiger partial charge in [0.1, 0.15) is 23.9 Å². The number of hydrogen-bond donors (Lipinski definition) is 6. The van der Waals surface area contributed by atoms with Gasteiger partial charge in [-0.25, -0.2) is 0 Å². The number of phenols is 1. The number of nitrogens with two attached hydrogens (primary N) is 1. The molecule has 0 spiro atoms. The van der Waals surface area contributed by atoms with E-state index in [2.05, 4.69) is 16.0 Å². The minimum Gasteiger partial charge on any atom is -0.508 e. The van der Waals surface area contributed by atoms with Crippen LogP contribution in [0.5, 0.6) is 5.75 Å². The Morgan fingerprint density at radius 3 is 1.89 bits per heavy atom. The summed E-state index contributed by atoms with van der Waals surface area (Å²) in [6.45, 7) is 1.31. The fourth-order valence-electron chi connectivity index (χ4n) is 3.44. The minimum absolute atomic E-state index is 0.0312. The molecular weight excluding hydrogens is 496 g/mol. The largest absolute Gasteiger partial charge is 0.508 e. The average Bonchev–Trinajstić information content (AvgIpc) is 2.87. The van der Waals surface area contributed by atoms with Gasteiger partial charge in [-0.2, -0.15) is 11.8 Å². The van der Waals surface area contributed by atoms with Gasteiger partial charge in [0.2, 0.25) is 17.7 Å². The van der Waals surface area contributed by atoms with E-state index in [1.807, 2.05) is 36.6 Å². The molecule has 0 aliphatic carbocycles. The number of rotatable bonds is 14. The number of carboxylic acids is 1. The van der Waals surface area contributed by atoms with E-state index in [0.29, 0.717) is 17.7 Å². The maximum Gasteiger partial charge on any atom is 0.325 e. The van der Waals surface area contributed by atoms with Gasteiger partial charge in [-0.15, -0.1) is 0 Å². The number of carboxylic acid groups (broad SMARTS) is 1. The second kappa shape index (κ2) is 14.9. The van der Waals surface area contributed by atoms with Crippen molar-refractivity contribution >= 4 is 35.5 Å². The molecule has 0 aliphatic heterocycles. The molecule has 7 N–H and O–H groups in total. The molecule has 2 aromatic carbocycles. The van der Waals surface area contributed by atoms with Crippen molar-refractivity contribution < 1.29 is 29.4 Å². The van der Waals surface area contributed by atoms with Crippen molar-refractivity contribution in [3.8, 4) is 5.75 Å². The zero-order valence-electron chi connectivity index (χ0n) is 20.8. The van der Waals surface area contributed by atoms with E-state index < -0.39 is 47.9 Å². The van der Waals surface area contributed by atoms with Crippen LogP contribution in [0.3, 0.4) is 0 Å². The van der Waals surface area contributed by atoms with Gasteiger partial charge in [0.25, 0.3) is 0 Å². The Kier molecular flexibility index (Phi) is 11.9. The summed E-state index contributed by atoms with van der Waals surface area (Å²) in [4.78, 5) is 50.3. The number of carbonyl (C=O) groups is 4. The van der Waals surface area contributed by atoms with Crippen LogP contribution in [0.2, 0.25) is 0 Å². The number of hydrogen-bond acceptors (Lipinski definition) is 7. The molecule has 0 saturated heterocycles. The van der Waals surface area contributed by atoms with Crippen molar-refractivity contribution in [1.29, 1.82) is 0 Å². The molecule has 2 rings (SSSR count). The van der Waals surface area contributed by atoms with Crippen LogP contribution in [0.15, 0.2) is 54.6 Å². The summed E-state index contributed by atoms with van der Waals surface area (Å²) < 4.78 is 0. The first-order valence-electron chi connectivity index (χ1n) is 11.8. The predicted octanol–water partition coefficient (Wildman–Crippen LogP) is 0.817. The molecule has 0 aromatic heterocycles. The molecule has 4 atom stereocenters. The number of thioether (sulfide) groups is 1. The van der Waals surface area contributed by atoms with Crippen LogP contribution in [-0.2, 0) is 32.0 Å². The Morgan fingerprint density at radius 1 is 0.838 bits per heavy atom. The number of carbonyl (C=O) groups excluding carboxylic acids is 3. The van der Waals surface area contributed by atoms with E-state index in [4.69, 9.17) is 5.73 Å². The molecule has 0 bridgehead atoms. The highest BCUT2D eigenvalue weighted by atomic mass is 32.2. The van der Waals surface area contributed by atoms with Crippen LogP contribution in [0.1, 0.15) is 24.5 Å². The number of nitrogens with one attached hydrogen (secondary N) is 3. The average molecular weight is 531 g/mol. The number of phenolic OH excluding ortho intramolecular Hbond substituents is 1. The van der Waals surface area contributed by atoms with Crippen LogP contribution in [0, 0.1) is 0 Å². The molecular formula is C26H34N4O6S. The third-order valence-corrected chi connectivity index (χ3v) is 6.27. The normalized spacial score (nSPS) is 14.0. The van der Waals surface area contributed by atoms with Gasteiger partial charge >= 0.3 is 5.97 Å². The minimum atomic E-state index is -1.23. The lowest BCUT2D eigenvalue weighted by Crippen LogP contribution is -2.58. The number of aliphatic carboxylic acids is 1. The molecule has 37 heavy (non-hydrogen) atoms. The van der Waals surface area contributed by atoms with Gasteiger partial charge in [-0.3, -0.25) is 19.2 Å². The van der Waals surface area contributed by atoms with E-state index in [0.717, 1.165) is 5.56 Å². The topological polar surface area (TPSA) is 171 Å². The van der Waals surface area contributed by atoms with Crippen molar-refractivity contribution in [2.24, 2.45) is 5.73 Å². The first-order chi connectivity index (χ1) is 17.6. The summed E-state index contributed by atoms with van der Waals surface area (Å²) in [5, 5.41) is 26.5. The fourth-order valence-corrected chi connectivity index (χ4v) is 3.93. The van der Waals surface area contributed by atoms with E-state index in [-0.39, 0.29) is 18.6 Å². The molecule has 11 heteroatoms. The number of amides is 3. The summed E-state index contributed by atoms with van der Waals surface area (Å²) in [6, 6.07) is 11.0. The monoisotopic (exact) mass is 530 g/mol. The van der Waals surface area contributed by atoms with Crippen molar-refractivity contribution in [3.05, 3.63) is 65.7 Å². The zero-order chi connectivity index (χ0) is 27.4. The van der Waals surface area contributed by atoms with Gasteiger partial charge in [0.05, 0.1) is 6.04 Å². The molecule has 0 heterocycles. The first kappa shape index (κ1) is 29.7. The third-order valence-electron chi connectivity index (χ3n) is 5.62. The summed E-state index contributed by atoms with van der Waals surface area (Å²) in [5.41, 5.74) is 7.41. The maximum atomic E-state index is 13.4. The van der Waals surface area contributed by atoms with Crippen LogP contribution in [0.4, 0.5) is 0 Å². The third kappa shape index (κ3) is 10.1. The predicted molar refractivity (Wildman–Crippen MR) is 142 cm³/mol. The molecule has 0 aliphatic rings. The second-order valence-corrected chi connectivity index (χ2v) is 9.62. The van der Waals surface area contributed by atoms with Crippen LogP contribution >= 0.6 is 11.8 Å². The standard InChI is InChI=1S/C26H34N4O6S/c1-16(26(35)36)28-24(33)21(15-18-8-10-19(31)11-9-18)30-25(34)22(14-17-6-4-3-5-7-17)29-23(32)20(27)12-13-37-2/h3-11,16,20-22,31H,12-15,27H2,1-2H3,(H,28,33)(H,29,32)(H,30,34)(H,35,36). The Bertz CT molecular complexity index is 1050. The molecule has 200 valence electrons. The first-order valence-corrected chi connectivity index (χ1v) is 13.2. The van der Waals surface area contributed by atoms with Crippen LogP contribution < -0.4 is 21.7 Å². The lowest BCUT2D eigenvalue weighted by Gasteiger charge is -2.25. The van der Waals surface area contributed by atoms with E-state index in [9.17, 15) is 29.4 Å². The number of aromatic hydroxyl groups is 1. The Morgan fingerprint density at radius 2 is 1.35 bits per heavy atom.